The van der Waals surface area contributed by atoms with Crippen LogP contribution in [-0.2, 0) is 16.1 Å². The van der Waals surface area contributed by atoms with E-state index in [9.17, 15) is 14.4 Å². The highest BCUT2D eigenvalue weighted by Crippen LogP contribution is 2.22. The Bertz CT molecular complexity index is 1030. The number of rotatable bonds is 5. The lowest BCUT2D eigenvalue weighted by Gasteiger charge is -2.09. The van der Waals surface area contributed by atoms with Gasteiger partial charge in [-0.15, -0.1) is 0 Å². The van der Waals surface area contributed by atoms with Gasteiger partial charge in [0.1, 0.15) is 12.2 Å². The van der Waals surface area contributed by atoms with E-state index in [4.69, 9.17) is 13.9 Å². The lowest BCUT2D eigenvalue weighted by molar-refractivity contribution is 0.0528. The number of carbonyl (C=O) groups excluding carboxylic acids is 2. The predicted octanol–water partition coefficient (Wildman–Crippen LogP) is 3.72. The van der Waals surface area contributed by atoms with Crippen LogP contribution in [0.3, 0.4) is 0 Å². The van der Waals surface area contributed by atoms with E-state index in [2.05, 4.69) is 5.32 Å². The molecule has 0 saturated heterocycles. The maximum atomic E-state index is 12.0. The molecular weight excluding hydrogens is 350 g/mol. The summed E-state index contributed by atoms with van der Waals surface area (Å²) in [5.74, 6) is -0.613. The highest BCUT2D eigenvalue weighted by atomic mass is 16.5. The molecule has 1 amide bonds. The van der Waals surface area contributed by atoms with Crippen molar-refractivity contribution in [3.05, 3.63) is 76.1 Å². The molecule has 0 bridgehead atoms. The van der Waals surface area contributed by atoms with Gasteiger partial charge < -0.3 is 13.9 Å². The van der Waals surface area contributed by atoms with E-state index >= 15 is 0 Å². The molecule has 1 aromatic heterocycles. The standard InChI is InChI=1S/C20H17NO6/c1-2-25-19(23)16-11-18(22)27-17-10-14(8-9-15(16)17)21-20(24)26-12-13-6-4-3-5-7-13/h3-11H,2,12H2,1H3,(H,21,24). The first-order chi connectivity index (χ1) is 13.1. The van der Waals surface area contributed by atoms with E-state index in [0.717, 1.165) is 11.6 Å². The molecule has 3 aromatic rings. The van der Waals surface area contributed by atoms with Crippen LogP contribution >= 0.6 is 0 Å². The van der Waals surface area contributed by atoms with E-state index in [1.54, 1.807) is 19.1 Å². The maximum Gasteiger partial charge on any atom is 0.411 e. The van der Waals surface area contributed by atoms with E-state index < -0.39 is 17.7 Å². The first kappa shape index (κ1) is 18.2. The molecule has 0 fully saturated rings. The van der Waals surface area contributed by atoms with Gasteiger partial charge in [-0.1, -0.05) is 30.3 Å². The van der Waals surface area contributed by atoms with Crippen LogP contribution < -0.4 is 10.9 Å². The second-order valence-corrected chi connectivity index (χ2v) is 5.60. The van der Waals surface area contributed by atoms with Crippen molar-refractivity contribution in [2.24, 2.45) is 0 Å². The Labute approximate surface area is 154 Å². The molecule has 27 heavy (non-hydrogen) atoms. The Hall–Kier alpha value is -3.61. The van der Waals surface area contributed by atoms with Crippen molar-refractivity contribution >= 4 is 28.7 Å². The summed E-state index contributed by atoms with van der Waals surface area (Å²) in [6.45, 7) is 1.99. The monoisotopic (exact) mass is 367 g/mol. The Morgan fingerprint density at radius 2 is 1.81 bits per heavy atom. The quantitative estimate of drug-likeness (QED) is 0.545. The highest BCUT2D eigenvalue weighted by molar-refractivity contribution is 6.03. The third kappa shape index (κ3) is 4.52. The van der Waals surface area contributed by atoms with Gasteiger partial charge in [0, 0.05) is 23.2 Å². The molecule has 3 rings (SSSR count). The Morgan fingerprint density at radius 3 is 2.56 bits per heavy atom. The second kappa shape index (κ2) is 8.18. The van der Waals surface area contributed by atoms with Gasteiger partial charge in [0.2, 0.25) is 0 Å². The van der Waals surface area contributed by atoms with Gasteiger partial charge in [-0.25, -0.2) is 14.4 Å². The molecule has 0 aliphatic carbocycles. The fraction of sp³-hybridized carbons (Fsp3) is 0.150. The highest BCUT2D eigenvalue weighted by Gasteiger charge is 2.15. The van der Waals surface area contributed by atoms with Gasteiger partial charge in [-0.3, -0.25) is 5.32 Å². The lowest BCUT2D eigenvalue weighted by atomic mass is 10.1. The molecule has 1 N–H and O–H groups in total. The number of hydrogen-bond acceptors (Lipinski definition) is 6. The van der Waals surface area contributed by atoms with Crippen molar-refractivity contribution in [2.75, 3.05) is 11.9 Å². The lowest BCUT2D eigenvalue weighted by Crippen LogP contribution is -2.14. The Balaban J connectivity index is 1.77. The number of ether oxygens (including phenoxy) is 2. The summed E-state index contributed by atoms with van der Waals surface area (Å²) in [6, 6.07) is 14.9. The van der Waals surface area contributed by atoms with Gasteiger partial charge >= 0.3 is 17.7 Å². The van der Waals surface area contributed by atoms with Gasteiger partial charge in [0.25, 0.3) is 0 Å². The van der Waals surface area contributed by atoms with Crippen molar-refractivity contribution in [3.8, 4) is 0 Å². The van der Waals surface area contributed by atoms with Crippen molar-refractivity contribution in [1.29, 1.82) is 0 Å². The topological polar surface area (TPSA) is 94.8 Å². The van der Waals surface area contributed by atoms with Crippen molar-refractivity contribution in [3.63, 3.8) is 0 Å². The molecule has 0 atom stereocenters. The summed E-state index contributed by atoms with van der Waals surface area (Å²) in [5.41, 5.74) is 0.808. The normalized spacial score (nSPS) is 10.4. The third-order valence-corrected chi connectivity index (χ3v) is 3.70. The molecular formula is C20H17NO6. The maximum absolute atomic E-state index is 12.0. The summed E-state index contributed by atoms with van der Waals surface area (Å²) in [6.07, 6.45) is -0.651. The van der Waals surface area contributed by atoms with Crippen LogP contribution in [0.15, 0.2) is 63.8 Å². The van der Waals surface area contributed by atoms with Crippen LogP contribution in [0, 0.1) is 0 Å². The van der Waals surface area contributed by atoms with Gasteiger partial charge in [-0.2, -0.15) is 0 Å². The number of nitrogens with one attached hydrogen (secondary N) is 1. The predicted molar refractivity (Wildman–Crippen MR) is 98.7 cm³/mol. The zero-order chi connectivity index (χ0) is 19.2. The summed E-state index contributed by atoms with van der Waals surface area (Å²) < 4.78 is 15.2. The molecule has 2 aromatic carbocycles. The number of anilines is 1. The zero-order valence-corrected chi connectivity index (χ0v) is 14.6. The minimum atomic E-state index is -0.686. The summed E-state index contributed by atoms with van der Waals surface area (Å²) >= 11 is 0. The molecule has 0 aliphatic heterocycles. The van der Waals surface area contributed by atoms with Gasteiger partial charge in [-0.05, 0) is 24.6 Å². The smallest absolute Gasteiger partial charge is 0.411 e. The summed E-state index contributed by atoms with van der Waals surface area (Å²) in [4.78, 5) is 35.7. The minimum Gasteiger partial charge on any atom is -0.462 e. The Kier molecular flexibility index (Phi) is 5.51. The van der Waals surface area contributed by atoms with Crippen LogP contribution in [-0.4, -0.2) is 18.7 Å². The van der Waals surface area contributed by atoms with Crippen LogP contribution in [0.25, 0.3) is 11.0 Å². The summed E-state index contributed by atoms with van der Waals surface area (Å²) in [7, 11) is 0. The number of benzene rings is 2. The first-order valence-electron chi connectivity index (χ1n) is 8.29. The SMILES string of the molecule is CCOC(=O)c1cc(=O)oc2cc(NC(=O)OCc3ccccc3)ccc12. The van der Waals surface area contributed by atoms with Crippen LogP contribution in [0.4, 0.5) is 10.5 Å². The molecule has 0 unspecified atom stereocenters. The van der Waals surface area contributed by atoms with E-state index in [1.807, 2.05) is 30.3 Å². The molecule has 138 valence electrons. The van der Waals surface area contributed by atoms with Gasteiger partial charge in [0.15, 0.2) is 0 Å². The van der Waals surface area contributed by atoms with Crippen LogP contribution in [0.1, 0.15) is 22.8 Å². The zero-order valence-electron chi connectivity index (χ0n) is 14.6. The van der Waals surface area contributed by atoms with E-state index in [1.165, 1.54) is 6.07 Å². The number of esters is 1. The fourth-order valence-corrected chi connectivity index (χ4v) is 2.50. The van der Waals surface area contributed by atoms with Crippen molar-refractivity contribution in [2.45, 2.75) is 13.5 Å². The second-order valence-electron chi connectivity index (χ2n) is 5.60. The molecule has 7 heteroatoms. The average Bonchev–Trinajstić information content (AvgIpc) is 2.66. The number of amides is 1. The third-order valence-electron chi connectivity index (χ3n) is 3.70. The molecule has 0 radical (unpaired) electrons. The first-order valence-corrected chi connectivity index (χ1v) is 8.29. The largest absolute Gasteiger partial charge is 0.462 e. The molecule has 0 spiro atoms. The van der Waals surface area contributed by atoms with E-state index in [-0.39, 0.29) is 24.4 Å². The molecule has 1 heterocycles. The molecule has 0 saturated carbocycles. The number of hydrogen-bond donors (Lipinski definition) is 1. The van der Waals surface area contributed by atoms with Crippen molar-refractivity contribution in [1.82, 2.24) is 0 Å². The van der Waals surface area contributed by atoms with Crippen LogP contribution in [0.2, 0.25) is 0 Å². The fourth-order valence-electron chi connectivity index (χ4n) is 2.50. The van der Waals surface area contributed by atoms with Gasteiger partial charge in [0.05, 0.1) is 12.2 Å². The van der Waals surface area contributed by atoms with Crippen molar-refractivity contribution < 1.29 is 23.5 Å². The molecule has 0 aliphatic rings. The molecule has 7 nitrogen and oxygen atoms in total. The Morgan fingerprint density at radius 1 is 1.04 bits per heavy atom. The number of carbonyl (C=O) groups is 2. The van der Waals surface area contributed by atoms with Crippen LogP contribution in [0.5, 0.6) is 0 Å². The summed E-state index contributed by atoms with van der Waals surface area (Å²) in [5, 5.41) is 2.97. The minimum absolute atomic E-state index is 0.112. The number of fused-ring (bicyclic) bond motifs is 1. The van der Waals surface area contributed by atoms with E-state index in [0.29, 0.717) is 11.1 Å². The average molecular weight is 367 g/mol.